The number of hydrogen-bond donors (Lipinski definition) is 0. The molecule has 0 bridgehead atoms. The Labute approximate surface area is 82.9 Å². The summed E-state index contributed by atoms with van der Waals surface area (Å²) in [6.07, 6.45) is 1.62. The number of rotatable bonds is 4. The number of nitrogens with zero attached hydrogens (tertiary/aromatic N) is 1. The smallest absolute Gasteiger partial charge is 0.174 e. The Bertz CT molecular complexity index is 366. The van der Waals surface area contributed by atoms with Crippen LogP contribution in [0.1, 0.15) is 22.8 Å². The molecule has 0 spiro atoms. The summed E-state index contributed by atoms with van der Waals surface area (Å²) in [4.78, 5) is 10.7. The van der Waals surface area contributed by atoms with E-state index in [0.717, 1.165) is 18.3 Å². The zero-order chi connectivity index (χ0) is 10.4. The maximum Gasteiger partial charge on any atom is 0.174 e. The van der Waals surface area contributed by atoms with Crippen molar-refractivity contribution in [3.8, 4) is 11.8 Å². The van der Waals surface area contributed by atoms with Crippen molar-refractivity contribution in [2.75, 3.05) is 6.61 Å². The predicted octanol–water partition coefficient (Wildman–Crippen LogP) is 1.96. The summed E-state index contributed by atoms with van der Waals surface area (Å²) in [5.41, 5.74) is 1.58. The van der Waals surface area contributed by atoms with Gasteiger partial charge < -0.3 is 4.74 Å². The molecule has 0 aromatic heterocycles. The molecule has 14 heavy (non-hydrogen) atoms. The Morgan fingerprint density at radius 3 is 2.93 bits per heavy atom. The average Bonchev–Trinajstić information content (AvgIpc) is 2.26. The molecule has 0 atom stereocenters. The van der Waals surface area contributed by atoms with Gasteiger partial charge >= 0.3 is 0 Å². The maximum absolute atomic E-state index is 10.7. The van der Waals surface area contributed by atoms with Crippen LogP contribution >= 0.6 is 0 Å². The van der Waals surface area contributed by atoms with Crippen molar-refractivity contribution in [3.05, 3.63) is 29.3 Å². The normalized spacial score (nSPS) is 9.14. The third kappa shape index (κ3) is 2.33. The fourth-order valence-electron chi connectivity index (χ4n) is 1.15. The van der Waals surface area contributed by atoms with E-state index < -0.39 is 0 Å². The first kappa shape index (κ1) is 10.3. The highest BCUT2D eigenvalue weighted by Gasteiger charge is 2.03. The Morgan fingerprint density at radius 2 is 2.36 bits per heavy atom. The van der Waals surface area contributed by atoms with E-state index in [2.05, 4.69) is 0 Å². The average molecular weight is 189 g/mol. The lowest BCUT2D eigenvalue weighted by Crippen LogP contribution is -1.98. The monoisotopic (exact) mass is 189 g/mol. The van der Waals surface area contributed by atoms with Gasteiger partial charge in [-0.1, -0.05) is 13.0 Å². The van der Waals surface area contributed by atoms with Crippen molar-refractivity contribution in [2.24, 2.45) is 0 Å². The van der Waals surface area contributed by atoms with Gasteiger partial charge in [0.1, 0.15) is 11.8 Å². The van der Waals surface area contributed by atoms with E-state index in [1.165, 1.54) is 0 Å². The molecule has 1 rings (SSSR count). The Hall–Kier alpha value is -1.82. The van der Waals surface area contributed by atoms with Crippen molar-refractivity contribution in [1.82, 2.24) is 0 Å². The second kappa shape index (κ2) is 5.03. The highest BCUT2D eigenvalue weighted by molar-refractivity contribution is 5.79. The summed E-state index contributed by atoms with van der Waals surface area (Å²) < 4.78 is 5.08. The number of ether oxygens (including phenoxy) is 1. The van der Waals surface area contributed by atoms with Gasteiger partial charge in [-0.2, -0.15) is 5.26 Å². The van der Waals surface area contributed by atoms with Gasteiger partial charge in [0.25, 0.3) is 0 Å². The van der Waals surface area contributed by atoms with Crippen molar-refractivity contribution < 1.29 is 9.53 Å². The van der Waals surface area contributed by atoms with Gasteiger partial charge in [0.15, 0.2) is 12.9 Å². The SMILES string of the molecule is CCc1ccc(OCC#N)c(C=O)c1. The molecule has 1 aromatic carbocycles. The number of carbonyl (C=O) groups is 1. The summed E-state index contributed by atoms with van der Waals surface area (Å²) >= 11 is 0. The number of aldehydes is 1. The molecule has 1 aromatic rings. The fourth-order valence-corrected chi connectivity index (χ4v) is 1.15. The molecule has 0 radical (unpaired) electrons. The second-order valence-electron chi connectivity index (χ2n) is 2.79. The van der Waals surface area contributed by atoms with Gasteiger partial charge in [-0.25, -0.2) is 0 Å². The summed E-state index contributed by atoms with van der Waals surface area (Å²) in [6.45, 7) is 1.98. The minimum atomic E-state index is -0.0354. The molecular formula is C11H11NO2. The van der Waals surface area contributed by atoms with Crippen LogP contribution < -0.4 is 4.74 Å². The zero-order valence-electron chi connectivity index (χ0n) is 7.99. The minimum absolute atomic E-state index is 0.0354. The Morgan fingerprint density at radius 1 is 1.57 bits per heavy atom. The van der Waals surface area contributed by atoms with Gasteiger partial charge in [0.05, 0.1) is 5.56 Å². The Balaban J connectivity index is 2.94. The van der Waals surface area contributed by atoms with Gasteiger partial charge in [0.2, 0.25) is 0 Å². The van der Waals surface area contributed by atoms with Crippen LogP contribution in [-0.2, 0) is 6.42 Å². The van der Waals surface area contributed by atoms with E-state index in [0.29, 0.717) is 11.3 Å². The molecule has 0 fully saturated rings. The van der Waals surface area contributed by atoms with E-state index in [9.17, 15) is 4.79 Å². The molecule has 0 aliphatic carbocycles. The standard InChI is InChI=1S/C11H11NO2/c1-2-9-3-4-11(14-6-5-12)10(7-9)8-13/h3-4,7-8H,2,6H2,1H3. The first-order chi connectivity index (χ1) is 6.81. The molecule has 3 heteroatoms. The third-order valence-electron chi connectivity index (χ3n) is 1.90. The molecule has 72 valence electrons. The Kier molecular flexibility index (Phi) is 3.69. The van der Waals surface area contributed by atoms with Crippen LogP contribution in [0.3, 0.4) is 0 Å². The summed E-state index contributed by atoms with van der Waals surface area (Å²) in [5.74, 6) is 0.471. The zero-order valence-corrected chi connectivity index (χ0v) is 7.99. The van der Waals surface area contributed by atoms with E-state index in [1.807, 2.05) is 19.1 Å². The first-order valence-electron chi connectivity index (χ1n) is 4.39. The van der Waals surface area contributed by atoms with Crippen LogP contribution in [0, 0.1) is 11.3 Å². The molecular weight excluding hydrogens is 178 g/mol. The van der Waals surface area contributed by atoms with Crippen molar-refractivity contribution in [2.45, 2.75) is 13.3 Å². The van der Waals surface area contributed by atoms with Crippen LogP contribution in [-0.4, -0.2) is 12.9 Å². The van der Waals surface area contributed by atoms with E-state index in [-0.39, 0.29) is 6.61 Å². The summed E-state index contributed by atoms with van der Waals surface area (Å²) in [7, 11) is 0. The molecule has 0 heterocycles. The molecule has 0 unspecified atom stereocenters. The van der Waals surface area contributed by atoms with Crippen molar-refractivity contribution in [3.63, 3.8) is 0 Å². The molecule has 0 aliphatic heterocycles. The van der Waals surface area contributed by atoms with Crippen molar-refractivity contribution in [1.29, 1.82) is 5.26 Å². The van der Waals surface area contributed by atoms with Gasteiger partial charge in [0, 0.05) is 0 Å². The lowest BCUT2D eigenvalue weighted by molar-refractivity contribution is 0.112. The van der Waals surface area contributed by atoms with Crippen LogP contribution in [0.4, 0.5) is 0 Å². The third-order valence-corrected chi connectivity index (χ3v) is 1.90. The highest BCUT2D eigenvalue weighted by Crippen LogP contribution is 2.18. The molecule has 0 N–H and O–H groups in total. The number of aryl methyl sites for hydroxylation is 1. The molecule has 3 nitrogen and oxygen atoms in total. The number of nitriles is 1. The quantitative estimate of drug-likeness (QED) is 0.680. The summed E-state index contributed by atoms with van der Waals surface area (Å²) in [6, 6.07) is 7.25. The second-order valence-corrected chi connectivity index (χ2v) is 2.79. The van der Waals surface area contributed by atoms with Gasteiger partial charge in [-0.3, -0.25) is 4.79 Å². The molecule has 0 amide bonds. The largest absolute Gasteiger partial charge is 0.478 e. The van der Waals surface area contributed by atoms with Crippen LogP contribution in [0.5, 0.6) is 5.75 Å². The lowest BCUT2D eigenvalue weighted by Gasteiger charge is -2.05. The van der Waals surface area contributed by atoms with Crippen LogP contribution in [0.15, 0.2) is 18.2 Å². The van der Waals surface area contributed by atoms with Crippen molar-refractivity contribution >= 4 is 6.29 Å². The molecule has 0 aliphatic rings. The van der Waals surface area contributed by atoms with E-state index in [1.54, 1.807) is 12.1 Å². The summed E-state index contributed by atoms with van der Waals surface area (Å²) in [5, 5.41) is 8.33. The van der Waals surface area contributed by atoms with Crippen LogP contribution in [0.2, 0.25) is 0 Å². The van der Waals surface area contributed by atoms with E-state index in [4.69, 9.17) is 10.00 Å². The number of carbonyl (C=O) groups excluding carboxylic acids is 1. The minimum Gasteiger partial charge on any atom is -0.478 e. The lowest BCUT2D eigenvalue weighted by atomic mass is 10.1. The highest BCUT2D eigenvalue weighted by atomic mass is 16.5. The fraction of sp³-hybridized carbons (Fsp3) is 0.273. The predicted molar refractivity (Wildman–Crippen MR) is 52.3 cm³/mol. The number of benzene rings is 1. The first-order valence-corrected chi connectivity index (χ1v) is 4.39. The van der Waals surface area contributed by atoms with Gasteiger partial charge in [-0.05, 0) is 24.1 Å². The van der Waals surface area contributed by atoms with Gasteiger partial charge in [-0.15, -0.1) is 0 Å². The topological polar surface area (TPSA) is 50.1 Å². The number of hydrogen-bond acceptors (Lipinski definition) is 3. The van der Waals surface area contributed by atoms with E-state index >= 15 is 0 Å². The molecule has 0 saturated carbocycles. The maximum atomic E-state index is 10.7. The van der Waals surface area contributed by atoms with Crippen LogP contribution in [0.25, 0.3) is 0 Å². The molecule has 0 saturated heterocycles.